The molecule has 0 atom stereocenters. The summed E-state index contributed by atoms with van der Waals surface area (Å²) >= 11 is 0. The smallest absolute Gasteiger partial charge is 0.134 e. The van der Waals surface area contributed by atoms with Crippen LogP contribution in [0.5, 0.6) is 0 Å². The molecule has 0 spiro atoms. The topological polar surface area (TPSA) is 35.5 Å². The normalized spacial score (nSPS) is 10.5. The summed E-state index contributed by atoms with van der Waals surface area (Å²) in [5, 5.41) is 0. The maximum absolute atomic E-state index is 10.9. The molecule has 0 fully saturated rings. The Morgan fingerprint density at radius 1 is 0.933 bits per heavy atom. The number of carbonyl (C=O) groups excluding carboxylic acids is 1. The molecule has 0 aliphatic carbocycles. The first kappa shape index (κ1) is 14.6. The predicted molar refractivity (Wildman–Crippen MR) is 61.1 cm³/mol. The van der Waals surface area contributed by atoms with E-state index < -0.39 is 0 Å². The van der Waals surface area contributed by atoms with Crippen molar-refractivity contribution in [3.05, 3.63) is 0 Å². The summed E-state index contributed by atoms with van der Waals surface area (Å²) in [4.78, 5) is 10.9. The second kappa shape index (κ2) is 11.7. The van der Waals surface area contributed by atoms with Crippen LogP contribution in [0.4, 0.5) is 0 Å². The highest BCUT2D eigenvalue weighted by Crippen LogP contribution is 1.94. The third-order valence-electron chi connectivity index (χ3n) is 2.18. The van der Waals surface area contributed by atoms with Gasteiger partial charge in [-0.3, -0.25) is 4.79 Å². The fourth-order valence-corrected chi connectivity index (χ4v) is 1.14. The third-order valence-corrected chi connectivity index (χ3v) is 2.18. The van der Waals surface area contributed by atoms with E-state index in [0.29, 0.717) is 32.7 Å². The molecule has 0 rings (SSSR count). The van der Waals surface area contributed by atoms with Crippen LogP contribution < -0.4 is 0 Å². The number of unbranched alkanes of at least 4 members (excludes halogenated alkanes) is 2. The Morgan fingerprint density at radius 3 is 2.20 bits per heavy atom. The summed E-state index contributed by atoms with van der Waals surface area (Å²) in [6, 6.07) is 0. The van der Waals surface area contributed by atoms with E-state index in [0.717, 1.165) is 13.0 Å². The predicted octanol–water partition coefficient (Wildman–Crippen LogP) is 2.58. The quantitative estimate of drug-likeness (QED) is 0.498. The lowest BCUT2D eigenvalue weighted by Crippen LogP contribution is -2.08. The van der Waals surface area contributed by atoms with Crippen LogP contribution in [0.1, 0.15) is 46.0 Å². The number of hydrogen-bond acceptors (Lipinski definition) is 3. The van der Waals surface area contributed by atoms with Gasteiger partial charge in [0.05, 0.1) is 19.8 Å². The van der Waals surface area contributed by atoms with E-state index in [1.807, 2.05) is 6.92 Å². The number of hydrogen-bond donors (Lipinski definition) is 0. The lowest BCUT2D eigenvalue weighted by Gasteiger charge is -2.04. The molecule has 0 aromatic heterocycles. The summed E-state index contributed by atoms with van der Waals surface area (Å²) < 4.78 is 10.6. The van der Waals surface area contributed by atoms with Crippen LogP contribution in [0.2, 0.25) is 0 Å². The van der Waals surface area contributed by atoms with Crippen LogP contribution in [0, 0.1) is 0 Å². The largest absolute Gasteiger partial charge is 0.379 e. The lowest BCUT2D eigenvalue weighted by atomic mass is 10.2. The molecule has 15 heavy (non-hydrogen) atoms. The zero-order chi connectivity index (χ0) is 11.4. The molecular weight excluding hydrogens is 192 g/mol. The van der Waals surface area contributed by atoms with Gasteiger partial charge in [0.15, 0.2) is 0 Å². The molecule has 0 heterocycles. The van der Waals surface area contributed by atoms with Crippen molar-refractivity contribution in [2.45, 2.75) is 46.0 Å². The first-order valence-electron chi connectivity index (χ1n) is 5.98. The summed E-state index contributed by atoms with van der Waals surface area (Å²) in [6.07, 6.45) is 4.72. The van der Waals surface area contributed by atoms with Crippen molar-refractivity contribution in [1.82, 2.24) is 0 Å². The van der Waals surface area contributed by atoms with Gasteiger partial charge in [0.2, 0.25) is 0 Å². The zero-order valence-electron chi connectivity index (χ0n) is 10.1. The molecule has 3 nitrogen and oxygen atoms in total. The van der Waals surface area contributed by atoms with E-state index in [1.54, 1.807) is 0 Å². The van der Waals surface area contributed by atoms with Crippen LogP contribution in [-0.2, 0) is 14.3 Å². The van der Waals surface area contributed by atoms with Crippen molar-refractivity contribution in [2.24, 2.45) is 0 Å². The van der Waals surface area contributed by atoms with Gasteiger partial charge in [0.25, 0.3) is 0 Å². The molecule has 3 heteroatoms. The fraction of sp³-hybridized carbons (Fsp3) is 0.917. The van der Waals surface area contributed by atoms with E-state index in [2.05, 4.69) is 6.92 Å². The Balaban J connectivity index is 2.95. The Morgan fingerprint density at radius 2 is 1.60 bits per heavy atom. The minimum atomic E-state index is 0.263. The average molecular weight is 216 g/mol. The fourth-order valence-electron chi connectivity index (χ4n) is 1.14. The van der Waals surface area contributed by atoms with E-state index in [-0.39, 0.29) is 5.78 Å². The highest BCUT2D eigenvalue weighted by atomic mass is 16.5. The molecule has 0 amide bonds. The van der Waals surface area contributed by atoms with Gasteiger partial charge in [-0.05, 0) is 6.42 Å². The molecule has 0 aliphatic rings. The number of ketones is 1. The van der Waals surface area contributed by atoms with E-state index >= 15 is 0 Å². The first-order chi connectivity index (χ1) is 7.31. The molecule has 0 saturated carbocycles. The van der Waals surface area contributed by atoms with Crippen LogP contribution in [0.15, 0.2) is 0 Å². The molecule has 0 aromatic rings. The lowest BCUT2D eigenvalue weighted by molar-refractivity contribution is -0.119. The van der Waals surface area contributed by atoms with E-state index in [4.69, 9.17) is 9.47 Å². The second-order valence-electron chi connectivity index (χ2n) is 3.57. The molecule has 90 valence electrons. The van der Waals surface area contributed by atoms with Gasteiger partial charge in [-0.1, -0.05) is 26.7 Å². The Kier molecular flexibility index (Phi) is 11.3. The average Bonchev–Trinajstić information content (AvgIpc) is 2.26. The molecular formula is C12H24O3. The SMILES string of the molecule is CCCCCOCCOCCC(=O)CC. The summed E-state index contributed by atoms with van der Waals surface area (Å²) in [6.45, 7) is 6.65. The highest BCUT2D eigenvalue weighted by molar-refractivity contribution is 5.78. The van der Waals surface area contributed by atoms with Gasteiger partial charge in [-0.25, -0.2) is 0 Å². The highest BCUT2D eigenvalue weighted by Gasteiger charge is 1.97. The van der Waals surface area contributed by atoms with Crippen molar-refractivity contribution in [3.8, 4) is 0 Å². The number of carbonyl (C=O) groups is 1. The van der Waals surface area contributed by atoms with Crippen molar-refractivity contribution >= 4 is 5.78 Å². The molecule has 0 bridgehead atoms. The van der Waals surface area contributed by atoms with E-state index in [1.165, 1.54) is 12.8 Å². The third kappa shape index (κ3) is 11.5. The Labute approximate surface area is 93.1 Å². The van der Waals surface area contributed by atoms with Crippen molar-refractivity contribution < 1.29 is 14.3 Å². The maximum atomic E-state index is 10.9. The summed E-state index contributed by atoms with van der Waals surface area (Å²) in [5.74, 6) is 0.263. The standard InChI is InChI=1S/C12H24O3/c1-3-5-6-8-14-10-11-15-9-7-12(13)4-2/h3-11H2,1-2H3. The molecule has 0 N–H and O–H groups in total. The monoisotopic (exact) mass is 216 g/mol. The molecule has 0 aliphatic heterocycles. The maximum Gasteiger partial charge on any atom is 0.134 e. The van der Waals surface area contributed by atoms with Crippen LogP contribution in [-0.4, -0.2) is 32.2 Å². The van der Waals surface area contributed by atoms with E-state index in [9.17, 15) is 4.79 Å². The molecule has 0 radical (unpaired) electrons. The molecule has 0 aromatic carbocycles. The van der Waals surface area contributed by atoms with Crippen LogP contribution in [0.25, 0.3) is 0 Å². The van der Waals surface area contributed by atoms with Crippen molar-refractivity contribution in [2.75, 3.05) is 26.4 Å². The van der Waals surface area contributed by atoms with Gasteiger partial charge < -0.3 is 9.47 Å². The van der Waals surface area contributed by atoms with Gasteiger partial charge in [-0.2, -0.15) is 0 Å². The van der Waals surface area contributed by atoms with Crippen molar-refractivity contribution in [3.63, 3.8) is 0 Å². The Hall–Kier alpha value is -0.410. The van der Waals surface area contributed by atoms with Gasteiger partial charge >= 0.3 is 0 Å². The minimum Gasteiger partial charge on any atom is -0.379 e. The van der Waals surface area contributed by atoms with Gasteiger partial charge in [-0.15, -0.1) is 0 Å². The number of rotatable bonds is 11. The summed E-state index contributed by atoms with van der Waals surface area (Å²) in [5.41, 5.74) is 0. The molecule has 0 unspecified atom stereocenters. The zero-order valence-corrected chi connectivity index (χ0v) is 10.1. The Bertz CT molecular complexity index is 146. The van der Waals surface area contributed by atoms with Crippen LogP contribution in [0.3, 0.4) is 0 Å². The van der Waals surface area contributed by atoms with Crippen LogP contribution >= 0.6 is 0 Å². The molecule has 0 saturated heterocycles. The van der Waals surface area contributed by atoms with Gasteiger partial charge in [0, 0.05) is 19.4 Å². The minimum absolute atomic E-state index is 0.263. The van der Waals surface area contributed by atoms with Gasteiger partial charge in [0.1, 0.15) is 5.78 Å². The number of ether oxygens (including phenoxy) is 2. The number of Topliss-reactive ketones (excluding diaryl/α,β-unsaturated/α-hetero) is 1. The second-order valence-corrected chi connectivity index (χ2v) is 3.57. The first-order valence-corrected chi connectivity index (χ1v) is 5.98. The van der Waals surface area contributed by atoms with Crippen molar-refractivity contribution in [1.29, 1.82) is 0 Å². The summed E-state index contributed by atoms with van der Waals surface area (Å²) in [7, 11) is 0.